The summed E-state index contributed by atoms with van der Waals surface area (Å²) in [7, 11) is 0. The van der Waals surface area contributed by atoms with E-state index in [-0.39, 0.29) is 0 Å². The minimum atomic E-state index is 0.739. The zero-order valence-electron chi connectivity index (χ0n) is 12.9. The summed E-state index contributed by atoms with van der Waals surface area (Å²) in [5.74, 6) is 1.60. The Labute approximate surface area is 134 Å². The molecule has 0 amide bonds. The first-order valence-corrected chi connectivity index (χ1v) is 8.32. The summed E-state index contributed by atoms with van der Waals surface area (Å²) in [5, 5.41) is 7.66. The third-order valence-corrected chi connectivity index (χ3v) is 3.97. The topological polar surface area (TPSA) is 55.6 Å². The number of nitrogens with one attached hydrogen (secondary N) is 1. The van der Waals surface area contributed by atoms with Gasteiger partial charge in [0.2, 0.25) is 0 Å². The number of anilines is 1. The number of hydrogen-bond acceptors (Lipinski definition) is 4. The Morgan fingerprint density at radius 2 is 2.00 bits per heavy atom. The first kappa shape index (κ1) is 15.9. The molecule has 0 unspecified atom stereocenters. The van der Waals surface area contributed by atoms with Gasteiger partial charge in [-0.15, -0.1) is 0 Å². The summed E-state index contributed by atoms with van der Waals surface area (Å²) in [6.45, 7) is 8.06. The summed E-state index contributed by atoms with van der Waals surface area (Å²) in [6.07, 6.45) is 4.82. The lowest BCUT2D eigenvalue weighted by Gasteiger charge is -2.12. The van der Waals surface area contributed by atoms with E-state index in [1.54, 1.807) is 0 Å². The summed E-state index contributed by atoms with van der Waals surface area (Å²) < 4.78 is 2.94. The molecule has 0 aliphatic heterocycles. The van der Waals surface area contributed by atoms with E-state index >= 15 is 0 Å². The van der Waals surface area contributed by atoms with Crippen LogP contribution in [0.2, 0.25) is 0 Å². The van der Waals surface area contributed by atoms with Gasteiger partial charge in [0.15, 0.2) is 5.82 Å². The van der Waals surface area contributed by atoms with Gasteiger partial charge in [-0.05, 0) is 41.8 Å². The van der Waals surface area contributed by atoms with Gasteiger partial charge in [-0.3, -0.25) is 4.68 Å². The molecule has 2 rings (SSSR count). The van der Waals surface area contributed by atoms with Crippen LogP contribution < -0.4 is 5.32 Å². The average Bonchev–Trinajstić information content (AvgIpc) is 2.92. The molecule has 1 N–H and O–H groups in total. The van der Waals surface area contributed by atoms with Crippen LogP contribution in [0.15, 0.2) is 16.7 Å². The number of aromatic nitrogens is 4. The van der Waals surface area contributed by atoms with Gasteiger partial charge >= 0.3 is 0 Å². The second-order valence-electron chi connectivity index (χ2n) is 4.88. The van der Waals surface area contributed by atoms with E-state index in [0.717, 1.165) is 59.9 Å². The molecule has 0 radical (unpaired) electrons. The molecule has 2 aromatic rings. The maximum atomic E-state index is 4.73. The largest absolute Gasteiger partial charge is 0.369 e. The molecule has 0 bridgehead atoms. The van der Waals surface area contributed by atoms with Crippen molar-refractivity contribution < 1.29 is 0 Å². The maximum absolute atomic E-state index is 4.73. The van der Waals surface area contributed by atoms with Crippen molar-refractivity contribution >= 4 is 21.7 Å². The van der Waals surface area contributed by atoms with Crippen LogP contribution in [0.5, 0.6) is 0 Å². The fourth-order valence-corrected chi connectivity index (χ4v) is 2.72. The van der Waals surface area contributed by atoms with Crippen LogP contribution in [-0.4, -0.2) is 26.3 Å². The van der Waals surface area contributed by atoms with Crippen molar-refractivity contribution in [1.29, 1.82) is 0 Å². The highest BCUT2D eigenvalue weighted by atomic mass is 79.9. The van der Waals surface area contributed by atoms with Crippen molar-refractivity contribution in [2.75, 3.05) is 11.9 Å². The molecule has 0 aliphatic carbocycles. The molecule has 21 heavy (non-hydrogen) atoms. The first-order valence-electron chi connectivity index (χ1n) is 7.53. The van der Waals surface area contributed by atoms with Crippen LogP contribution in [0, 0.1) is 0 Å². The molecule has 0 aromatic carbocycles. The van der Waals surface area contributed by atoms with Crippen molar-refractivity contribution in [1.82, 2.24) is 19.7 Å². The van der Waals surface area contributed by atoms with E-state index < -0.39 is 0 Å². The van der Waals surface area contributed by atoms with Gasteiger partial charge in [0, 0.05) is 19.3 Å². The lowest BCUT2D eigenvalue weighted by atomic mass is 10.2. The highest BCUT2D eigenvalue weighted by Crippen LogP contribution is 2.28. The number of hydrogen-bond donors (Lipinski definition) is 1. The zero-order chi connectivity index (χ0) is 15.2. The van der Waals surface area contributed by atoms with Gasteiger partial charge in [0.1, 0.15) is 11.5 Å². The summed E-state index contributed by atoms with van der Waals surface area (Å²) in [4.78, 5) is 9.39. The average molecular weight is 352 g/mol. The van der Waals surface area contributed by atoms with E-state index in [4.69, 9.17) is 4.98 Å². The lowest BCUT2D eigenvalue weighted by Crippen LogP contribution is -2.09. The number of halogens is 1. The molecule has 114 valence electrons. The van der Waals surface area contributed by atoms with Crippen LogP contribution >= 0.6 is 15.9 Å². The highest BCUT2D eigenvalue weighted by Gasteiger charge is 2.15. The van der Waals surface area contributed by atoms with Gasteiger partial charge in [-0.2, -0.15) is 5.10 Å². The van der Waals surface area contributed by atoms with Crippen molar-refractivity contribution in [2.45, 2.75) is 46.6 Å². The number of nitrogens with zero attached hydrogens (tertiary/aromatic N) is 4. The van der Waals surface area contributed by atoms with Crippen molar-refractivity contribution in [2.24, 2.45) is 0 Å². The molecule has 5 nitrogen and oxygen atoms in total. The van der Waals surface area contributed by atoms with Gasteiger partial charge in [-0.25, -0.2) is 9.97 Å². The normalized spacial score (nSPS) is 10.9. The molecule has 0 atom stereocenters. The molecule has 0 fully saturated rings. The fourth-order valence-electron chi connectivity index (χ4n) is 2.21. The monoisotopic (exact) mass is 351 g/mol. The van der Waals surface area contributed by atoms with Crippen LogP contribution in [0.4, 0.5) is 5.82 Å². The van der Waals surface area contributed by atoms with Gasteiger partial charge in [0.25, 0.3) is 0 Å². The second kappa shape index (κ2) is 7.54. The van der Waals surface area contributed by atoms with Crippen molar-refractivity contribution in [3.63, 3.8) is 0 Å². The van der Waals surface area contributed by atoms with E-state index in [0.29, 0.717) is 0 Å². The summed E-state index contributed by atoms with van der Waals surface area (Å²) >= 11 is 3.62. The van der Waals surface area contributed by atoms with E-state index in [2.05, 4.69) is 52.1 Å². The Morgan fingerprint density at radius 3 is 2.67 bits per heavy atom. The standard InChI is InChI=1S/C15H22BrN5/c1-4-7-11-13(16)15(17-6-3)20-14(19-11)12-8-9-18-21(12)10-5-2/h8-9H,4-7,10H2,1-3H3,(H,17,19,20). The second-order valence-corrected chi connectivity index (χ2v) is 5.67. The third-order valence-electron chi connectivity index (χ3n) is 3.13. The van der Waals surface area contributed by atoms with Gasteiger partial charge < -0.3 is 5.32 Å². The van der Waals surface area contributed by atoms with Crippen molar-refractivity contribution in [3.05, 3.63) is 22.4 Å². The van der Waals surface area contributed by atoms with Crippen LogP contribution in [0.3, 0.4) is 0 Å². The molecule has 2 aromatic heterocycles. The molecule has 2 heterocycles. The maximum Gasteiger partial charge on any atom is 0.180 e. The van der Waals surface area contributed by atoms with Crippen LogP contribution in [0.1, 0.15) is 39.3 Å². The Hall–Kier alpha value is -1.43. The van der Waals surface area contributed by atoms with E-state index in [1.807, 2.05) is 16.9 Å². The lowest BCUT2D eigenvalue weighted by molar-refractivity contribution is 0.606. The predicted octanol–water partition coefficient (Wildman–Crippen LogP) is 3.90. The minimum absolute atomic E-state index is 0.739. The van der Waals surface area contributed by atoms with Crippen LogP contribution in [0.25, 0.3) is 11.5 Å². The SMILES string of the molecule is CCCc1nc(-c2ccnn2CCC)nc(NCC)c1Br. The van der Waals surface area contributed by atoms with Crippen LogP contribution in [-0.2, 0) is 13.0 Å². The molecule has 0 spiro atoms. The first-order chi connectivity index (χ1) is 10.2. The molecule has 0 saturated carbocycles. The van der Waals surface area contributed by atoms with Crippen molar-refractivity contribution in [3.8, 4) is 11.5 Å². The Kier molecular flexibility index (Phi) is 5.73. The molecule has 0 aliphatic rings. The Balaban J connectivity index is 2.49. The zero-order valence-corrected chi connectivity index (χ0v) is 14.4. The minimum Gasteiger partial charge on any atom is -0.369 e. The Bertz CT molecular complexity index is 566. The highest BCUT2D eigenvalue weighted by molar-refractivity contribution is 9.10. The molecule has 6 heteroatoms. The van der Waals surface area contributed by atoms with E-state index in [1.165, 1.54) is 0 Å². The summed E-state index contributed by atoms with van der Waals surface area (Å²) in [5.41, 5.74) is 2.02. The fraction of sp³-hybridized carbons (Fsp3) is 0.533. The molecular formula is C15H22BrN5. The summed E-state index contributed by atoms with van der Waals surface area (Å²) in [6, 6.07) is 1.98. The van der Waals surface area contributed by atoms with E-state index in [9.17, 15) is 0 Å². The van der Waals surface area contributed by atoms with Gasteiger partial charge in [0.05, 0.1) is 10.2 Å². The number of aryl methyl sites for hydroxylation is 2. The van der Waals surface area contributed by atoms with Gasteiger partial charge in [-0.1, -0.05) is 20.3 Å². The predicted molar refractivity (Wildman–Crippen MR) is 89.4 cm³/mol. The third kappa shape index (κ3) is 3.61. The molecular weight excluding hydrogens is 330 g/mol. The smallest absolute Gasteiger partial charge is 0.180 e. The molecule has 0 saturated heterocycles. The number of rotatable bonds is 7. The quantitative estimate of drug-likeness (QED) is 0.821. The Morgan fingerprint density at radius 1 is 1.19 bits per heavy atom.